The van der Waals surface area contributed by atoms with E-state index in [0.29, 0.717) is 5.70 Å². The Bertz CT molecular complexity index is 845. The van der Waals surface area contributed by atoms with Gasteiger partial charge in [-0.15, -0.1) is 0 Å². The maximum Gasteiger partial charge on any atom is 0.363 e. The standard InChI is InChI=1S/C24H28N2O3/c27-22-21(12-16-1-3-20(4-2-16)26-5-7-28-8-6-26)25-23(29-22)24-13-17-9-18(14-24)11-19(10-17)15-24/h1-4,12,17-19H,5-11,13-15H2. The molecule has 2 aliphatic heterocycles. The molecule has 1 saturated heterocycles. The molecule has 0 spiro atoms. The predicted molar refractivity (Wildman–Crippen MR) is 112 cm³/mol. The van der Waals surface area contributed by atoms with Crippen LogP contribution in [0.3, 0.4) is 0 Å². The number of morpholine rings is 1. The maximum atomic E-state index is 12.6. The summed E-state index contributed by atoms with van der Waals surface area (Å²) in [5, 5.41) is 0. The summed E-state index contributed by atoms with van der Waals surface area (Å²) in [6, 6.07) is 8.34. The molecule has 0 atom stereocenters. The van der Waals surface area contributed by atoms with Crippen LogP contribution < -0.4 is 4.90 Å². The van der Waals surface area contributed by atoms with Crippen molar-refractivity contribution in [2.24, 2.45) is 28.2 Å². The molecular weight excluding hydrogens is 364 g/mol. The van der Waals surface area contributed by atoms with Crippen LogP contribution in [0.2, 0.25) is 0 Å². The number of cyclic esters (lactones) is 1. The molecule has 0 N–H and O–H groups in total. The largest absolute Gasteiger partial charge is 0.406 e. The zero-order valence-electron chi connectivity index (χ0n) is 16.8. The highest BCUT2D eigenvalue weighted by molar-refractivity contribution is 6.09. The van der Waals surface area contributed by atoms with Gasteiger partial charge in [0.2, 0.25) is 5.90 Å². The lowest BCUT2D eigenvalue weighted by atomic mass is 9.49. The summed E-state index contributed by atoms with van der Waals surface area (Å²) in [4.78, 5) is 19.6. The number of carbonyl (C=O) groups excluding carboxylic acids is 1. The minimum Gasteiger partial charge on any atom is -0.406 e. The summed E-state index contributed by atoms with van der Waals surface area (Å²) in [7, 11) is 0. The zero-order valence-corrected chi connectivity index (χ0v) is 16.8. The van der Waals surface area contributed by atoms with Gasteiger partial charge in [0.1, 0.15) is 0 Å². The number of esters is 1. The summed E-state index contributed by atoms with van der Waals surface area (Å²) in [6.45, 7) is 3.40. The first kappa shape index (κ1) is 17.7. The van der Waals surface area contributed by atoms with Crippen LogP contribution in [-0.4, -0.2) is 38.2 Å². The van der Waals surface area contributed by atoms with Crippen molar-refractivity contribution in [2.75, 3.05) is 31.2 Å². The van der Waals surface area contributed by atoms with E-state index in [1.807, 2.05) is 6.08 Å². The zero-order chi connectivity index (χ0) is 19.4. The van der Waals surface area contributed by atoms with Crippen molar-refractivity contribution in [1.82, 2.24) is 0 Å². The lowest BCUT2D eigenvalue weighted by Crippen LogP contribution is -2.50. The van der Waals surface area contributed by atoms with Gasteiger partial charge in [0.15, 0.2) is 5.70 Å². The van der Waals surface area contributed by atoms with Crippen molar-refractivity contribution in [1.29, 1.82) is 0 Å². The van der Waals surface area contributed by atoms with Gasteiger partial charge in [-0.2, -0.15) is 0 Å². The van der Waals surface area contributed by atoms with E-state index < -0.39 is 0 Å². The third-order valence-corrected chi connectivity index (χ3v) is 7.69. The Morgan fingerprint density at radius 1 is 0.966 bits per heavy atom. The number of nitrogens with zero attached hydrogens (tertiary/aromatic N) is 2. The quantitative estimate of drug-likeness (QED) is 0.576. The Hall–Kier alpha value is -2.14. The van der Waals surface area contributed by atoms with Crippen molar-refractivity contribution in [2.45, 2.75) is 38.5 Å². The lowest BCUT2D eigenvalue weighted by molar-refractivity contribution is -0.131. The van der Waals surface area contributed by atoms with Crippen LogP contribution in [0.4, 0.5) is 5.69 Å². The van der Waals surface area contributed by atoms with E-state index in [0.717, 1.165) is 74.8 Å². The predicted octanol–water partition coefficient (Wildman–Crippen LogP) is 4.04. The monoisotopic (exact) mass is 392 g/mol. The van der Waals surface area contributed by atoms with Gasteiger partial charge in [0, 0.05) is 24.2 Å². The van der Waals surface area contributed by atoms with Gasteiger partial charge in [-0.25, -0.2) is 9.79 Å². The number of hydrogen-bond acceptors (Lipinski definition) is 5. The molecule has 0 unspecified atom stereocenters. The van der Waals surface area contributed by atoms with Crippen molar-refractivity contribution >= 4 is 23.6 Å². The van der Waals surface area contributed by atoms with Gasteiger partial charge in [0.25, 0.3) is 0 Å². The minimum atomic E-state index is -0.284. The molecule has 4 bridgehead atoms. The van der Waals surface area contributed by atoms with E-state index in [1.165, 1.54) is 24.9 Å². The molecule has 4 saturated carbocycles. The Morgan fingerprint density at radius 2 is 1.59 bits per heavy atom. The van der Waals surface area contributed by atoms with Crippen molar-refractivity contribution in [3.05, 3.63) is 35.5 Å². The fourth-order valence-electron chi connectivity index (χ4n) is 6.77. The normalized spacial score (nSPS) is 37.2. The Labute approximate surface area is 171 Å². The summed E-state index contributed by atoms with van der Waals surface area (Å²) >= 11 is 0. The second kappa shape index (κ2) is 6.69. The fraction of sp³-hybridized carbons (Fsp3) is 0.583. The number of hydrogen-bond donors (Lipinski definition) is 0. The van der Waals surface area contributed by atoms with E-state index in [4.69, 9.17) is 14.5 Å². The minimum absolute atomic E-state index is 0.0280. The Morgan fingerprint density at radius 3 is 2.21 bits per heavy atom. The second-order valence-corrected chi connectivity index (χ2v) is 9.72. The van der Waals surface area contributed by atoms with E-state index in [-0.39, 0.29) is 11.4 Å². The topological polar surface area (TPSA) is 51.1 Å². The van der Waals surface area contributed by atoms with Crippen LogP contribution in [-0.2, 0) is 14.3 Å². The molecule has 152 valence electrons. The molecule has 6 aliphatic rings. The van der Waals surface area contributed by atoms with Crippen LogP contribution in [0.25, 0.3) is 6.08 Å². The number of ether oxygens (including phenoxy) is 2. The second-order valence-electron chi connectivity index (χ2n) is 9.72. The van der Waals surface area contributed by atoms with E-state index >= 15 is 0 Å². The summed E-state index contributed by atoms with van der Waals surface area (Å²) < 4.78 is 11.2. The molecule has 5 nitrogen and oxygen atoms in total. The summed E-state index contributed by atoms with van der Waals surface area (Å²) in [5.74, 6) is 2.86. The van der Waals surface area contributed by atoms with E-state index in [1.54, 1.807) is 0 Å². The van der Waals surface area contributed by atoms with Crippen molar-refractivity contribution < 1.29 is 14.3 Å². The van der Waals surface area contributed by atoms with Gasteiger partial charge in [-0.1, -0.05) is 12.1 Å². The molecule has 1 aromatic rings. The van der Waals surface area contributed by atoms with Gasteiger partial charge < -0.3 is 14.4 Å². The highest BCUT2D eigenvalue weighted by Crippen LogP contribution is 2.61. The number of benzene rings is 1. The molecule has 29 heavy (non-hydrogen) atoms. The van der Waals surface area contributed by atoms with E-state index in [9.17, 15) is 4.79 Å². The molecule has 4 aliphatic carbocycles. The average molecular weight is 392 g/mol. The fourth-order valence-corrected chi connectivity index (χ4v) is 6.77. The van der Waals surface area contributed by atoms with Crippen LogP contribution in [0.15, 0.2) is 35.0 Å². The Balaban J connectivity index is 1.23. The van der Waals surface area contributed by atoms with E-state index in [2.05, 4.69) is 29.2 Å². The van der Waals surface area contributed by atoms with Crippen LogP contribution >= 0.6 is 0 Å². The highest BCUT2D eigenvalue weighted by Gasteiger charge is 2.55. The first-order chi connectivity index (χ1) is 14.2. The molecule has 0 radical (unpaired) electrons. The molecule has 7 rings (SSSR count). The SMILES string of the molecule is O=C1OC(C23CC4CC(CC(C4)C2)C3)=NC1=Cc1ccc(N2CCOCC2)cc1. The number of anilines is 1. The van der Waals surface area contributed by atoms with Crippen LogP contribution in [0, 0.1) is 23.2 Å². The summed E-state index contributed by atoms with van der Waals surface area (Å²) in [6.07, 6.45) is 9.47. The third kappa shape index (κ3) is 3.10. The first-order valence-electron chi connectivity index (χ1n) is 11.1. The van der Waals surface area contributed by atoms with Gasteiger partial charge in [0.05, 0.1) is 13.2 Å². The van der Waals surface area contributed by atoms with Crippen molar-refractivity contribution in [3.63, 3.8) is 0 Å². The average Bonchev–Trinajstić information content (AvgIpc) is 3.09. The van der Waals surface area contributed by atoms with Crippen LogP contribution in [0.1, 0.15) is 44.1 Å². The lowest BCUT2D eigenvalue weighted by Gasteiger charge is -2.55. The van der Waals surface area contributed by atoms with Gasteiger partial charge >= 0.3 is 5.97 Å². The van der Waals surface area contributed by atoms with Gasteiger partial charge in [-0.3, -0.25) is 0 Å². The number of rotatable bonds is 3. The molecule has 0 aromatic heterocycles. The van der Waals surface area contributed by atoms with Gasteiger partial charge in [-0.05, 0) is 80.1 Å². The van der Waals surface area contributed by atoms with Crippen molar-refractivity contribution in [3.8, 4) is 0 Å². The molecule has 0 amide bonds. The summed E-state index contributed by atoms with van der Waals surface area (Å²) in [5.41, 5.74) is 2.67. The highest BCUT2D eigenvalue weighted by atomic mass is 16.6. The number of aliphatic imine (C=N–C) groups is 1. The molecular formula is C24H28N2O3. The molecule has 1 aromatic carbocycles. The number of carbonyl (C=O) groups is 1. The Kier molecular flexibility index (Phi) is 4.09. The maximum absolute atomic E-state index is 12.6. The van der Waals surface area contributed by atoms with Crippen LogP contribution in [0.5, 0.6) is 0 Å². The molecule has 5 heteroatoms. The third-order valence-electron chi connectivity index (χ3n) is 7.69. The molecule has 2 heterocycles. The first-order valence-corrected chi connectivity index (χ1v) is 11.1. The smallest absolute Gasteiger partial charge is 0.363 e. The molecule has 5 fully saturated rings.